The van der Waals surface area contributed by atoms with Gasteiger partial charge in [-0.15, -0.1) is 0 Å². The molecule has 0 radical (unpaired) electrons. The lowest BCUT2D eigenvalue weighted by Gasteiger charge is -2.44. The van der Waals surface area contributed by atoms with Gasteiger partial charge in [0, 0.05) is 42.3 Å². The maximum Gasteiger partial charge on any atom is 0.309 e. The Kier molecular flexibility index (Phi) is 7.33. The Balaban J connectivity index is 1.49. The van der Waals surface area contributed by atoms with Gasteiger partial charge in [-0.25, -0.2) is 0 Å². The van der Waals surface area contributed by atoms with Crippen molar-refractivity contribution < 1.29 is 14.6 Å². The van der Waals surface area contributed by atoms with Crippen molar-refractivity contribution in [1.29, 1.82) is 5.41 Å². The Morgan fingerprint density at radius 1 is 1.26 bits per heavy atom. The number of halogens is 1. The first-order valence-corrected chi connectivity index (χ1v) is 11.8. The van der Waals surface area contributed by atoms with Crippen LogP contribution in [0.25, 0.3) is 0 Å². The minimum atomic E-state index is -0.940. The molecule has 2 aliphatic rings. The van der Waals surface area contributed by atoms with Crippen molar-refractivity contribution in [2.75, 3.05) is 31.1 Å². The molecule has 1 aliphatic carbocycles. The van der Waals surface area contributed by atoms with Gasteiger partial charge in [-0.1, -0.05) is 0 Å². The molecular formula is C23H35BrN4O3. The summed E-state index contributed by atoms with van der Waals surface area (Å²) >= 11 is 3.62. The Morgan fingerprint density at radius 2 is 1.87 bits per heavy atom. The molecule has 8 heteroatoms. The van der Waals surface area contributed by atoms with Gasteiger partial charge in [0.05, 0.1) is 17.7 Å². The number of esters is 1. The molecule has 1 aromatic carbocycles. The van der Waals surface area contributed by atoms with Crippen molar-refractivity contribution in [2.45, 2.75) is 70.1 Å². The maximum atomic E-state index is 12.2. The van der Waals surface area contributed by atoms with E-state index in [0.29, 0.717) is 18.9 Å². The zero-order valence-corrected chi connectivity index (χ0v) is 20.4. The Bertz CT molecular complexity index is 808. The van der Waals surface area contributed by atoms with Crippen molar-refractivity contribution in [1.82, 2.24) is 4.90 Å². The first-order valence-electron chi connectivity index (χ1n) is 11.0. The number of anilines is 1. The third-order valence-corrected chi connectivity index (χ3v) is 6.84. The lowest BCUT2D eigenvalue weighted by Crippen LogP contribution is -2.53. The summed E-state index contributed by atoms with van der Waals surface area (Å²) in [5.41, 5.74) is 5.96. The van der Waals surface area contributed by atoms with Crippen LogP contribution in [-0.4, -0.2) is 65.2 Å². The lowest BCUT2D eigenvalue weighted by molar-refractivity contribution is -0.162. The van der Waals surface area contributed by atoms with Crippen molar-refractivity contribution >= 4 is 33.4 Å². The number of hydrogen-bond acceptors (Lipinski definition) is 6. The predicted octanol–water partition coefficient (Wildman–Crippen LogP) is 3.26. The Morgan fingerprint density at radius 3 is 2.39 bits per heavy atom. The summed E-state index contributed by atoms with van der Waals surface area (Å²) in [6.45, 7) is 9.34. The molecule has 172 valence electrons. The van der Waals surface area contributed by atoms with Crippen molar-refractivity contribution in [2.24, 2.45) is 5.73 Å². The summed E-state index contributed by atoms with van der Waals surface area (Å²) in [5.74, 6) is -0.246. The number of ether oxygens (including phenoxy) is 1. The third kappa shape index (κ3) is 6.43. The van der Waals surface area contributed by atoms with Crippen LogP contribution in [0.3, 0.4) is 0 Å². The predicted molar refractivity (Wildman–Crippen MR) is 127 cm³/mol. The lowest BCUT2D eigenvalue weighted by atomic mass is 9.79. The van der Waals surface area contributed by atoms with E-state index in [9.17, 15) is 9.90 Å². The van der Waals surface area contributed by atoms with Crippen LogP contribution in [0.15, 0.2) is 22.7 Å². The summed E-state index contributed by atoms with van der Waals surface area (Å²) in [7, 11) is 0. The molecular weight excluding hydrogens is 460 g/mol. The highest BCUT2D eigenvalue weighted by Gasteiger charge is 2.38. The molecule has 1 aliphatic heterocycles. The van der Waals surface area contributed by atoms with Crippen LogP contribution in [0.2, 0.25) is 0 Å². The molecule has 2 fully saturated rings. The summed E-state index contributed by atoms with van der Waals surface area (Å²) in [4.78, 5) is 17.0. The van der Waals surface area contributed by atoms with Gasteiger partial charge in [0.2, 0.25) is 0 Å². The number of amidine groups is 1. The Hall–Kier alpha value is -1.64. The van der Waals surface area contributed by atoms with Gasteiger partial charge in [0.15, 0.2) is 0 Å². The fourth-order valence-electron chi connectivity index (χ4n) is 4.59. The number of nitrogens with zero attached hydrogens (tertiary/aromatic N) is 2. The van der Waals surface area contributed by atoms with Crippen LogP contribution in [0.5, 0.6) is 0 Å². The molecule has 0 bridgehead atoms. The molecule has 1 heterocycles. The van der Waals surface area contributed by atoms with Crippen LogP contribution in [-0.2, 0) is 9.53 Å². The normalized spacial score (nSPS) is 25.3. The number of rotatable bonds is 5. The number of benzene rings is 1. The van der Waals surface area contributed by atoms with E-state index >= 15 is 0 Å². The average molecular weight is 495 g/mol. The largest absolute Gasteiger partial charge is 0.460 e. The molecule has 0 spiro atoms. The standard InChI is InChI=1S/C23H35BrN4O3/c1-22(2,3)31-20(29)15-23(30)8-6-17(7-9-23)27-10-12-28(13-11-27)19-5-4-16(21(25)26)14-18(19)24/h4-5,14,17,30H,6-13,15H2,1-3H3,(H3,25,26)/t17-,23-. The first kappa shape index (κ1) is 24.0. The summed E-state index contributed by atoms with van der Waals surface area (Å²) in [5, 5.41) is 18.5. The monoisotopic (exact) mass is 494 g/mol. The maximum absolute atomic E-state index is 12.2. The fourth-order valence-corrected chi connectivity index (χ4v) is 5.22. The van der Waals surface area contributed by atoms with Crippen LogP contribution >= 0.6 is 15.9 Å². The second kappa shape index (κ2) is 9.46. The molecule has 31 heavy (non-hydrogen) atoms. The number of nitrogens with two attached hydrogens (primary N) is 1. The Labute approximate surface area is 193 Å². The minimum absolute atomic E-state index is 0.0704. The van der Waals surface area contributed by atoms with Crippen molar-refractivity contribution in [3.63, 3.8) is 0 Å². The van der Waals surface area contributed by atoms with E-state index in [1.54, 1.807) is 0 Å². The zero-order chi connectivity index (χ0) is 22.8. The van der Waals surface area contributed by atoms with E-state index in [4.69, 9.17) is 15.9 Å². The van der Waals surface area contributed by atoms with Gasteiger partial charge in [0.1, 0.15) is 11.4 Å². The second-order valence-electron chi connectivity index (χ2n) is 9.82. The van der Waals surface area contributed by atoms with Gasteiger partial charge < -0.3 is 20.5 Å². The second-order valence-corrected chi connectivity index (χ2v) is 10.7. The zero-order valence-electron chi connectivity index (χ0n) is 18.8. The highest BCUT2D eigenvalue weighted by Crippen LogP contribution is 2.35. The fraction of sp³-hybridized carbons (Fsp3) is 0.652. The number of nitrogen functional groups attached to an aromatic ring is 1. The molecule has 0 aromatic heterocycles. The van der Waals surface area contributed by atoms with E-state index < -0.39 is 11.2 Å². The molecule has 0 atom stereocenters. The van der Waals surface area contributed by atoms with Crippen molar-refractivity contribution in [3.05, 3.63) is 28.2 Å². The highest BCUT2D eigenvalue weighted by molar-refractivity contribution is 9.10. The topological polar surface area (TPSA) is 103 Å². The van der Waals surface area contributed by atoms with Crippen LogP contribution < -0.4 is 10.6 Å². The van der Waals surface area contributed by atoms with Gasteiger partial charge in [0.25, 0.3) is 0 Å². The molecule has 7 nitrogen and oxygen atoms in total. The van der Waals surface area contributed by atoms with Gasteiger partial charge in [-0.05, 0) is 80.6 Å². The first-order chi connectivity index (χ1) is 14.5. The summed E-state index contributed by atoms with van der Waals surface area (Å²) in [6.07, 6.45) is 3.14. The number of carbonyl (C=O) groups is 1. The van der Waals surface area contributed by atoms with Gasteiger partial charge in [-0.3, -0.25) is 15.1 Å². The summed E-state index contributed by atoms with van der Waals surface area (Å²) in [6, 6.07) is 6.26. The van der Waals surface area contributed by atoms with Crippen LogP contribution in [0.4, 0.5) is 5.69 Å². The molecule has 1 aromatic rings. The number of hydrogen-bond donors (Lipinski definition) is 3. The molecule has 4 N–H and O–H groups in total. The smallest absolute Gasteiger partial charge is 0.309 e. The van der Waals surface area contributed by atoms with Gasteiger partial charge >= 0.3 is 5.97 Å². The van der Waals surface area contributed by atoms with E-state index in [2.05, 4.69) is 25.7 Å². The molecule has 1 saturated heterocycles. The van der Waals surface area contributed by atoms with Crippen LogP contribution in [0, 0.1) is 5.41 Å². The van der Waals surface area contributed by atoms with Gasteiger partial charge in [-0.2, -0.15) is 0 Å². The summed E-state index contributed by atoms with van der Waals surface area (Å²) < 4.78 is 6.35. The number of nitrogens with one attached hydrogen (secondary N) is 1. The SMILES string of the molecule is CC(C)(C)OC(=O)C[C@]1(O)CC[C@H](N2CCN(c3ccc(C(=N)N)cc3Br)CC2)CC1. The number of piperazine rings is 1. The average Bonchev–Trinajstić information content (AvgIpc) is 2.67. The molecule has 0 unspecified atom stereocenters. The quantitative estimate of drug-likeness (QED) is 0.329. The van der Waals surface area contributed by atoms with E-state index in [1.165, 1.54) is 0 Å². The van der Waals surface area contributed by atoms with Crippen molar-refractivity contribution in [3.8, 4) is 0 Å². The minimum Gasteiger partial charge on any atom is -0.460 e. The molecule has 1 saturated carbocycles. The van der Waals surface area contributed by atoms with E-state index in [1.807, 2.05) is 39.0 Å². The van der Waals surface area contributed by atoms with E-state index in [-0.39, 0.29) is 18.2 Å². The number of aliphatic hydroxyl groups is 1. The third-order valence-electron chi connectivity index (χ3n) is 6.21. The number of carbonyl (C=O) groups excluding carboxylic acids is 1. The van der Waals surface area contributed by atoms with Crippen LogP contribution in [0.1, 0.15) is 58.4 Å². The molecule has 0 amide bonds. The van der Waals surface area contributed by atoms with E-state index in [0.717, 1.165) is 54.7 Å². The molecule has 3 rings (SSSR count). The highest BCUT2D eigenvalue weighted by atomic mass is 79.9.